The van der Waals surface area contributed by atoms with Crippen LogP contribution in [0.15, 0.2) is 18.2 Å². The van der Waals surface area contributed by atoms with Crippen molar-refractivity contribution in [1.82, 2.24) is 0 Å². The van der Waals surface area contributed by atoms with E-state index in [0.29, 0.717) is 23.3 Å². The molecule has 1 N–H and O–H groups in total. The highest BCUT2D eigenvalue weighted by Crippen LogP contribution is 2.37. The van der Waals surface area contributed by atoms with Crippen LogP contribution >= 0.6 is 7.14 Å². The molecule has 0 aliphatic carbocycles. The lowest BCUT2D eigenvalue weighted by molar-refractivity contribution is 0.193. The van der Waals surface area contributed by atoms with Crippen molar-refractivity contribution in [3.63, 3.8) is 0 Å². The van der Waals surface area contributed by atoms with Crippen molar-refractivity contribution in [3.05, 3.63) is 18.2 Å². The Kier molecular flexibility index (Phi) is 4.60. The molecule has 0 saturated carbocycles. The lowest BCUT2D eigenvalue weighted by Crippen LogP contribution is -2.08. The van der Waals surface area contributed by atoms with Gasteiger partial charge in [0.05, 0.1) is 12.2 Å². The zero-order chi connectivity index (χ0) is 12.9. The molecule has 0 spiro atoms. The van der Waals surface area contributed by atoms with Crippen LogP contribution in [0.2, 0.25) is 0 Å². The summed E-state index contributed by atoms with van der Waals surface area (Å²) in [4.78, 5) is 0. The fourth-order valence-electron chi connectivity index (χ4n) is 1.32. The Bertz CT molecular complexity index is 476. The number of rotatable bonds is 5. The molecule has 0 aliphatic heterocycles. The number of hydrogen-bond donors (Lipinski definition) is 1. The summed E-state index contributed by atoms with van der Waals surface area (Å²) in [6.45, 7) is 2.68. The molecule has 0 atom stereocenters. The van der Waals surface area contributed by atoms with Crippen LogP contribution in [-0.2, 0) is 4.57 Å². The summed E-state index contributed by atoms with van der Waals surface area (Å²) in [5.41, 5.74) is 0.595. The van der Waals surface area contributed by atoms with Gasteiger partial charge in [0.2, 0.25) is 6.86 Å². The Morgan fingerprint density at radius 3 is 2.76 bits per heavy atom. The standard InChI is InChI=1S/C12H15FNO2P/c1-4-7-14-11-6-5-10(17(2,3)15)8-12(11)16-9-13/h1,5-6,8,14H,7,9H2,2-3H3. The molecule has 0 aromatic heterocycles. The third kappa shape index (κ3) is 3.80. The van der Waals surface area contributed by atoms with Crippen LogP contribution in [-0.4, -0.2) is 26.7 Å². The van der Waals surface area contributed by atoms with Crippen LogP contribution in [0, 0.1) is 12.3 Å². The van der Waals surface area contributed by atoms with Gasteiger partial charge >= 0.3 is 0 Å². The molecule has 0 heterocycles. The van der Waals surface area contributed by atoms with Gasteiger partial charge in [0.15, 0.2) is 0 Å². The SMILES string of the molecule is C#CCNc1ccc(P(C)(C)=O)cc1OCF. The molecule has 0 unspecified atom stereocenters. The van der Waals surface area contributed by atoms with Crippen molar-refractivity contribution in [2.24, 2.45) is 0 Å². The van der Waals surface area contributed by atoms with Gasteiger partial charge in [-0.2, -0.15) is 0 Å². The van der Waals surface area contributed by atoms with Crippen molar-refractivity contribution < 1.29 is 13.7 Å². The van der Waals surface area contributed by atoms with Crippen molar-refractivity contribution in [2.45, 2.75) is 0 Å². The molecule has 92 valence electrons. The molecule has 0 bridgehead atoms. The van der Waals surface area contributed by atoms with Crippen LogP contribution in [0.5, 0.6) is 5.75 Å². The van der Waals surface area contributed by atoms with Crippen LogP contribution < -0.4 is 15.4 Å². The number of anilines is 1. The van der Waals surface area contributed by atoms with E-state index >= 15 is 0 Å². The Balaban J connectivity index is 3.08. The van der Waals surface area contributed by atoms with E-state index in [-0.39, 0.29) is 0 Å². The summed E-state index contributed by atoms with van der Waals surface area (Å²) in [7, 11) is -2.38. The predicted molar refractivity (Wildman–Crippen MR) is 69.5 cm³/mol. The summed E-state index contributed by atoms with van der Waals surface area (Å²) < 4.78 is 29.0. The smallest absolute Gasteiger partial charge is 0.228 e. The highest BCUT2D eigenvalue weighted by Gasteiger charge is 2.14. The van der Waals surface area contributed by atoms with Gasteiger partial charge in [-0.1, -0.05) is 5.92 Å². The van der Waals surface area contributed by atoms with Crippen LogP contribution in [0.3, 0.4) is 0 Å². The number of alkyl halides is 1. The normalized spacial score (nSPS) is 10.7. The largest absolute Gasteiger partial charge is 0.461 e. The topological polar surface area (TPSA) is 38.3 Å². The average molecular weight is 255 g/mol. The molecule has 1 aromatic carbocycles. The van der Waals surface area contributed by atoms with Gasteiger partial charge < -0.3 is 14.6 Å². The molecule has 0 radical (unpaired) electrons. The number of terminal acetylenes is 1. The highest BCUT2D eigenvalue weighted by atomic mass is 31.2. The molecule has 0 amide bonds. The van der Waals surface area contributed by atoms with Crippen LogP contribution in [0.1, 0.15) is 0 Å². The Morgan fingerprint density at radius 2 is 2.24 bits per heavy atom. The van der Waals surface area contributed by atoms with E-state index in [1.807, 2.05) is 0 Å². The molecule has 3 nitrogen and oxygen atoms in total. The van der Waals surface area contributed by atoms with E-state index < -0.39 is 14.0 Å². The zero-order valence-electron chi connectivity index (χ0n) is 9.87. The van der Waals surface area contributed by atoms with Crippen molar-refractivity contribution >= 4 is 18.1 Å². The fourth-order valence-corrected chi connectivity index (χ4v) is 2.18. The molecule has 5 heteroatoms. The molecular weight excluding hydrogens is 240 g/mol. The Labute approximate surface area is 101 Å². The molecule has 17 heavy (non-hydrogen) atoms. The van der Waals surface area contributed by atoms with Gasteiger partial charge in [0.25, 0.3) is 0 Å². The van der Waals surface area contributed by atoms with Gasteiger partial charge in [-0.25, -0.2) is 4.39 Å². The molecule has 0 aliphatic rings. The van der Waals surface area contributed by atoms with E-state index in [9.17, 15) is 8.96 Å². The minimum atomic E-state index is -2.38. The lowest BCUT2D eigenvalue weighted by Gasteiger charge is -2.13. The average Bonchev–Trinajstić information content (AvgIpc) is 2.26. The second kappa shape index (κ2) is 5.75. The molecule has 0 fully saturated rings. The highest BCUT2D eigenvalue weighted by molar-refractivity contribution is 7.70. The minimum absolute atomic E-state index is 0.317. The van der Waals surface area contributed by atoms with Crippen molar-refractivity contribution in [3.8, 4) is 18.1 Å². The first-order chi connectivity index (χ1) is 7.99. The third-order valence-electron chi connectivity index (χ3n) is 2.18. The predicted octanol–water partition coefficient (Wildman–Crippen LogP) is 2.29. The van der Waals surface area contributed by atoms with E-state index in [4.69, 9.17) is 11.2 Å². The van der Waals surface area contributed by atoms with E-state index in [0.717, 1.165) is 0 Å². The summed E-state index contributed by atoms with van der Waals surface area (Å²) in [5.74, 6) is 2.74. The first kappa shape index (κ1) is 13.6. The van der Waals surface area contributed by atoms with Crippen LogP contribution in [0.25, 0.3) is 0 Å². The van der Waals surface area contributed by atoms with E-state index in [1.165, 1.54) is 0 Å². The van der Waals surface area contributed by atoms with Gasteiger partial charge in [-0.15, -0.1) is 6.42 Å². The van der Waals surface area contributed by atoms with Gasteiger partial charge in [0, 0.05) is 5.30 Å². The van der Waals surface area contributed by atoms with Gasteiger partial charge in [0.1, 0.15) is 12.9 Å². The number of ether oxygens (including phenoxy) is 1. The number of benzene rings is 1. The second-order valence-corrected chi connectivity index (χ2v) is 7.06. The van der Waals surface area contributed by atoms with E-state index in [2.05, 4.69) is 11.2 Å². The first-order valence-electron chi connectivity index (χ1n) is 5.04. The van der Waals surface area contributed by atoms with E-state index in [1.54, 1.807) is 31.5 Å². The van der Waals surface area contributed by atoms with Crippen molar-refractivity contribution in [1.29, 1.82) is 0 Å². The summed E-state index contributed by atoms with van der Waals surface area (Å²) in [6, 6.07) is 5.00. The molecule has 0 saturated heterocycles. The zero-order valence-corrected chi connectivity index (χ0v) is 10.8. The maximum atomic E-state index is 12.2. The maximum Gasteiger partial charge on any atom is 0.228 e. The molecular formula is C12H15FNO2P. The monoisotopic (exact) mass is 255 g/mol. The number of hydrogen-bond acceptors (Lipinski definition) is 3. The summed E-state index contributed by atoms with van der Waals surface area (Å²) in [6.07, 6.45) is 5.13. The maximum absolute atomic E-state index is 12.2. The fraction of sp³-hybridized carbons (Fsp3) is 0.333. The first-order valence-corrected chi connectivity index (χ1v) is 7.65. The number of nitrogens with one attached hydrogen (secondary N) is 1. The molecule has 1 rings (SSSR count). The summed E-state index contributed by atoms with van der Waals surface area (Å²) >= 11 is 0. The second-order valence-electron chi connectivity index (χ2n) is 3.84. The minimum Gasteiger partial charge on any atom is -0.461 e. The quantitative estimate of drug-likeness (QED) is 0.648. The van der Waals surface area contributed by atoms with Crippen molar-refractivity contribution in [2.75, 3.05) is 32.1 Å². The van der Waals surface area contributed by atoms with Crippen LogP contribution in [0.4, 0.5) is 10.1 Å². The third-order valence-corrected chi connectivity index (χ3v) is 3.70. The lowest BCUT2D eigenvalue weighted by atomic mass is 10.3. The van der Waals surface area contributed by atoms with Gasteiger partial charge in [-0.05, 0) is 31.5 Å². The summed E-state index contributed by atoms with van der Waals surface area (Å²) in [5, 5.41) is 3.55. The Morgan fingerprint density at radius 1 is 1.53 bits per heavy atom. The number of halogens is 1. The Hall–Kier alpha value is -1.46. The molecule has 1 aromatic rings. The van der Waals surface area contributed by atoms with Gasteiger partial charge in [-0.3, -0.25) is 0 Å².